The monoisotopic (exact) mass is 346 g/mol. The average molecular weight is 347 g/mol. The van der Waals surface area contributed by atoms with Crippen LogP contribution in [0.15, 0.2) is 24.3 Å². The molecule has 0 saturated carbocycles. The van der Waals surface area contributed by atoms with Crippen LogP contribution in [-0.4, -0.2) is 12.6 Å². The number of hydrogen-bond donors (Lipinski definition) is 0. The predicted octanol–water partition coefficient (Wildman–Crippen LogP) is 3.85. The molecular weight excluding hydrogens is 338 g/mol. The molecule has 1 aromatic rings. The SMILES string of the molecule is CCOC(=O)c1ccc(I(Cl)Cl)cc1. The standard InChI is InChI=1S/C9H9Cl2IO2/c1-2-14-9(13)7-3-5-8(6-4-7)12(10)11/h3-6H,2H2,1H3. The van der Waals surface area contributed by atoms with E-state index in [1.165, 1.54) is 0 Å². The fraction of sp³-hybridized carbons (Fsp3) is 0.222. The molecule has 0 fully saturated rings. The number of rotatable bonds is 3. The first kappa shape index (κ1) is 12.1. The molecular formula is C9H9Cl2IO2. The van der Waals surface area contributed by atoms with Gasteiger partial charge in [0.25, 0.3) is 0 Å². The Hall–Kier alpha value is -0.000000000000000111. The molecule has 0 atom stereocenters. The van der Waals surface area contributed by atoms with Crippen LogP contribution in [0, 0.1) is 3.57 Å². The molecule has 0 amide bonds. The summed E-state index contributed by atoms with van der Waals surface area (Å²) in [6, 6.07) is 6.92. The minimum absolute atomic E-state index is 0.316. The summed E-state index contributed by atoms with van der Waals surface area (Å²) in [7, 11) is 11.6. The Bertz CT molecular complexity index is 311. The molecule has 78 valence electrons. The van der Waals surface area contributed by atoms with Gasteiger partial charge in [0.1, 0.15) is 0 Å². The van der Waals surface area contributed by atoms with Crippen LogP contribution in [0.4, 0.5) is 0 Å². The van der Waals surface area contributed by atoms with Crippen molar-refractivity contribution in [3.05, 3.63) is 33.4 Å². The van der Waals surface area contributed by atoms with Gasteiger partial charge in [0.05, 0.1) is 0 Å². The second-order valence-corrected chi connectivity index (χ2v) is 9.61. The minimum atomic E-state index is -1.96. The molecule has 0 bridgehead atoms. The summed E-state index contributed by atoms with van der Waals surface area (Å²) in [4.78, 5) is 11.3. The summed E-state index contributed by atoms with van der Waals surface area (Å²) in [5.41, 5.74) is 0.529. The van der Waals surface area contributed by atoms with Gasteiger partial charge in [-0.3, -0.25) is 0 Å². The van der Waals surface area contributed by atoms with E-state index in [0.29, 0.717) is 12.2 Å². The zero-order valence-corrected chi connectivity index (χ0v) is 11.1. The van der Waals surface area contributed by atoms with Crippen LogP contribution in [0.5, 0.6) is 0 Å². The molecule has 0 aliphatic rings. The van der Waals surface area contributed by atoms with Gasteiger partial charge < -0.3 is 0 Å². The van der Waals surface area contributed by atoms with E-state index >= 15 is 0 Å². The summed E-state index contributed by atoms with van der Waals surface area (Å²) >= 11 is -1.96. The van der Waals surface area contributed by atoms with Crippen molar-refractivity contribution < 1.29 is 9.53 Å². The Balaban J connectivity index is 2.78. The van der Waals surface area contributed by atoms with Crippen molar-refractivity contribution in [2.24, 2.45) is 0 Å². The number of halogens is 3. The summed E-state index contributed by atoms with van der Waals surface area (Å²) in [5.74, 6) is -0.316. The first-order valence-electron chi connectivity index (χ1n) is 3.95. The number of ether oxygens (including phenoxy) is 1. The van der Waals surface area contributed by atoms with E-state index in [0.717, 1.165) is 3.57 Å². The van der Waals surface area contributed by atoms with Crippen molar-refractivity contribution >= 4 is 41.3 Å². The molecule has 0 radical (unpaired) electrons. The van der Waals surface area contributed by atoms with Gasteiger partial charge in [-0.05, 0) is 0 Å². The van der Waals surface area contributed by atoms with Gasteiger partial charge in [-0.25, -0.2) is 0 Å². The molecule has 1 aromatic carbocycles. The van der Waals surface area contributed by atoms with Crippen molar-refractivity contribution in [2.45, 2.75) is 6.92 Å². The van der Waals surface area contributed by atoms with Gasteiger partial charge in [-0.15, -0.1) is 0 Å². The average Bonchev–Trinajstić information content (AvgIpc) is 2.18. The van der Waals surface area contributed by atoms with Crippen LogP contribution in [0.1, 0.15) is 17.3 Å². The Kier molecular flexibility index (Phi) is 4.98. The van der Waals surface area contributed by atoms with Crippen molar-refractivity contribution in [2.75, 3.05) is 6.61 Å². The molecule has 0 aromatic heterocycles. The third-order valence-corrected chi connectivity index (χ3v) is 5.39. The van der Waals surface area contributed by atoms with Crippen molar-refractivity contribution in [3.63, 3.8) is 0 Å². The number of carbonyl (C=O) groups excluding carboxylic acids is 1. The molecule has 1 rings (SSSR count). The van der Waals surface area contributed by atoms with Crippen LogP contribution >= 0.6 is 35.4 Å². The van der Waals surface area contributed by atoms with Crippen molar-refractivity contribution in [1.29, 1.82) is 0 Å². The van der Waals surface area contributed by atoms with Gasteiger partial charge in [0.15, 0.2) is 0 Å². The van der Waals surface area contributed by atoms with Crippen LogP contribution in [0.2, 0.25) is 0 Å². The second-order valence-electron chi connectivity index (χ2n) is 2.42. The molecule has 0 saturated heterocycles. The van der Waals surface area contributed by atoms with Crippen LogP contribution < -0.4 is 0 Å². The zero-order valence-electron chi connectivity index (χ0n) is 7.47. The van der Waals surface area contributed by atoms with Crippen LogP contribution in [0.3, 0.4) is 0 Å². The second kappa shape index (κ2) is 5.78. The normalized spacial score (nSPS) is 10.9. The van der Waals surface area contributed by atoms with Crippen molar-refractivity contribution in [1.82, 2.24) is 0 Å². The summed E-state index contributed by atoms with van der Waals surface area (Å²) < 4.78 is 5.76. The first-order chi connectivity index (χ1) is 6.65. The van der Waals surface area contributed by atoms with E-state index in [1.807, 2.05) is 0 Å². The van der Waals surface area contributed by atoms with E-state index < -0.39 is 17.6 Å². The Morgan fingerprint density at radius 3 is 2.36 bits per heavy atom. The molecule has 14 heavy (non-hydrogen) atoms. The van der Waals surface area contributed by atoms with Crippen molar-refractivity contribution in [3.8, 4) is 0 Å². The molecule has 2 nitrogen and oxygen atoms in total. The van der Waals surface area contributed by atoms with Gasteiger partial charge in [0.2, 0.25) is 0 Å². The van der Waals surface area contributed by atoms with E-state index in [4.69, 9.17) is 22.6 Å². The van der Waals surface area contributed by atoms with E-state index in [-0.39, 0.29) is 5.97 Å². The fourth-order valence-corrected chi connectivity index (χ4v) is 3.08. The molecule has 0 N–H and O–H groups in total. The molecule has 0 heterocycles. The Morgan fingerprint density at radius 2 is 1.93 bits per heavy atom. The van der Waals surface area contributed by atoms with Crippen LogP contribution in [-0.2, 0) is 4.74 Å². The first-order valence-corrected chi connectivity index (χ1v) is 10.5. The Labute approximate surface area is 97.3 Å². The van der Waals surface area contributed by atoms with E-state index in [9.17, 15) is 4.79 Å². The summed E-state index contributed by atoms with van der Waals surface area (Å²) in [5, 5.41) is 0. The predicted molar refractivity (Wildman–Crippen MR) is 66.8 cm³/mol. The third kappa shape index (κ3) is 3.29. The van der Waals surface area contributed by atoms with E-state index in [2.05, 4.69) is 0 Å². The molecule has 0 aliphatic carbocycles. The topological polar surface area (TPSA) is 26.3 Å². The van der Waals surface area contributed by atoms with Gasteiger partial charge in [-0.2, -0.15) is 0 Å². The number of esters is 1. The number of hydrogen-bond acceptors (Lipinski definition) is 2. The third-order valence-electron chi connectivity index (χ3n) is 1.52. The summed E-state index contributed by atoms with van der Waals surface area (Å²) in [6.45, 7) is 2.15. The zero-order chi connectivity index (χ0) is 10.6. The van der Waals surface area contributed by atoms with Gasteiger partial charge in [-0.1, -0.05) is 0 Å². The maximum atomic E-state index is 11.3. The molecule has 0 unspecified atom stereocenters. The van der Waals surface area contributed by atoms with Gasteiger partial charge >= 0.3 is 97.8 Å². The quantitative estimate of drug-likeness (QED) is 0.614. The molecule has 0 spiro atoms. The van der Waals surface area contributed by atoms with Gasteiger partial charge in [0, 0.05) is 0 Å². The van der Waals surface area contributed by atoms with Crippen LogP contribution in [0.25, 0.3) is 0 Å². The summed E-state index contributed by atoms with van der Waals surface area (Å²) in [6.07, 6.45) is 0. The number of carbonyl (C=O) groups is 1. The molecule has 5 heteroatoms. The van der Waals surface area contributed by atoms with E-state index in [1.54, 1.807) is 31.2 Å². The Morgan fingerprint density at radius 1 is 1.36 bits per heavy atom. The molecule has 0 aliphatic heterocycles. The number of benzene rings is 1. The fourth-order valence-electron chi connectivity index (χ4n) is 0.896. The maximum absolute atomic E-state index is 11.3.